The lowest BCUT2D eigenvalue weighted by atomic mass is 10.2. The lowest BCUT2D eigenvalue weighted by molar-refractivity contribution is -0.119. The van der Waals surface area contributed by atoms with Gasteiger partial charge < -0.3 is 9.88 Å². The van der Waals surface area contributed by atoms with E-state index in [-0.39, 0.29) is 23.5 Å². The van der Waals surface area contributed by atoms with Crippen molar-refractivity contribution in [1.82, 2.24) is 24.5 Å². The summed E-state index contributed by atoms with van der Waals surface area (Å²) in [5.41, 5.74) is 2.44. The van der Waals surface area contributed by atoms with Crippen molar-refractivity contribution in [2.24, 2.45) is 0 Å². The lowest BCUT2D eigenvalue weighted by Gasteiger charge is -2.06. The van der Waals surface area contributed by atoms with Crippen LogP contribution < -0.4 is 5.32 Å². The number of hydrogen-bond acceptors (Lipinski definition) is 4. The van der Waals surface area contributed by atoms with E-state index in [4.69, 9.17) is 0 Å². The predicted molar refractivity (Wildman–Crippen MR) is 108 cm³/mol. The van der Waals surface area contributed by atoms with Crippen LogP contribution in [0.4, 0.5) is 4.39 Å². The monoisotopic (exact) mass is 397 g/mol. The Hall–Kier alpha value is -2.87. The van der Waals surface area contributed by atoms with Gasteiger partial charge in [-0.1, -0.05) is 42.1 Å². The fourth-order valence-corrected chi connectivity index (χ4v) is 3.93. The molecule has 0 bridgehead atoms. The standard InChI is InChI=1S/C20H20FN5OS/c1-13(2)22-18(27)12-28-20-24-23-19-25(11-14-7-3-4-8-15(14)21)16-9-5-6-10-17(16)26(19)20/h3-10,13H,11-12H2,1-2H3,(H,22,27). The molecule has 4 aromatic rings. The molecule has 2 heterocycles. The average Bonchev–Trinajstić information content (AvgIpc) is 3.21. The van der Waals surface area contributed by atoms with Gasteiger partial charge in [-0.3, -0.25) is 9.20 Å². The first-order chi connectivity index (χ1) is 13.5. The molecule has 1 amide bonds. The number of halogens is 1. The number of benzene rings is 2. The van der Waals surface area contributed by atoms with Crippen LogP contribution >= 0.6 is 11.8 Å². The van der Waals surface area contributed by atoms with Crippen LogP contribution in [0.25, 0.3) is 16.8 Å². The van der Waals surface area contributed by atoms with E-state index in [0.717, 1.165) is 11.0 Å². The summed E-state index contributed by atoms with van der Waals surface area (Å²) in [6.07, 6.45) is 0. The zero-order valence-corrected chi connectivity index (χ0v) is 16.4. The molecule has 1 N–H and O–H groups in total. The number of aromatic nitrogens is 4. The molecule has 28 heavy (non-hydrogen) atoms. The SMILES string of the molecule is CC(C)NC(=O)CSc1nnc2n(Cc3ccccc3F)c3ccccc3n12. The van der Waals surface area contributed by atoms with Gasteiger partial charge in [0, 0.05) is 11.6 Å². The molecule has 0 radical (unpaired) electrons. The van der Waals surface area contributed by atoms with Crippen LogP contribution in [0.2, 0.25) is 0 Å². The quantitative estimate of drug-likeness (QED) is 0.506. The van der Waals surface area contributed by atoms with Crippen LogP contribution in [0.5, 0.6) is 0 Å². The van der Waals surface area contributed by atoms with Crippen molar-refractivity contribution >= 4 is 34.5 Å². The normalized spacial score (nSPS) is 11.6. The third-order valence-corrected chi connectivity index (χ3v) is 5.27. The summed E-state index contributed by atoms with van der Waals surface area (Å²) in [6.45, 7) is 4.20. The van der Waals surface area contributed by atoms with Crippen molar-refractivity contribution in [3.8, 4) is 0 Å². The summed E-state index contributed by atoms with van der Waals surface area (Å²) in [6, 6.07) is 14.6. The molecule has 0 spiro atoms. The van der Waals surface area contributed by atoms with Crippen molar-refractivity contribution < 1.29 is 9.18 Å². The highest BCUT2D eigenvalue weighted by molar-refractivity contribution is 7.99. The molecule has 2 aromatic heterocycles. The number of nitrogens with one attached hydrogen (secondary N) is 1. The van der Waals surface area contributed by atoms with E-state index in [2.05, 4.69) is 15.5 Å². The molecule has 4 rings (SSSR count). The predicted octanol–water partition coefficient (Wildman–Crippen LogP) is 3.49. The van der Waals surface area contributed by atoms with Gasteiger partial charge in [0.2, 0.25) is 11.7 Å². The van der Waals surface area contributed by atoms with Crippen LogP contribution in [0, 0.1) is 5.82 Å². The number of rotatable bonds is 6. The number of amides is 1. The summed E-state index contributed by atoms with van der Waals surface area (Å²) in [4.78, 5) is 12.0. The van der Waals surface area contributed by atoms with Crippen LogP contribution in [0.3, 0.4) is 0 Å². The summed E-state index contributed by atoms with van der Waals surface area (Å²) >= 11 is 1.33. The molecular weight excluding hydrogens is 377 g/mol. The molecule has 6 nitrogen and oxygen atoms in total. The van der Waals surface area contributed by atoms with Crippen molar-refractivity contribution in [3.63, 3.8) is 0 Å². The zero-order chi connectivity index (χ0) is 19.7. The molecule has 144 valence electrons. The van der Waals surface area contributed by atoms with E-state index in [1.807, 2.05) is 53.1 Å². The highest BCUT2D eigenvalue weighted by Gasteiger charge is 2.18. The Kier molecular flexibility index (Phi) is 5.04. The van der Waals surface area contributed by atoms with E-state index < -0.39 is 0 Å². The maximum Gasteiger partial charge on any atom is 0.237 e. The fourth-order valence-electron chi connectivity index (χ4n) is 3.18. The Morgan fingerprint density at radius 1 is 1.11 bits per heavy atom. The van der Waals surface area contributed by atoms with Gasteiger partial charge in [-0.2, -0.15) is 0 Å². The third kappa shape index (κ3) is 3.47. The van der Waals surface area contributed by atoms with E-state index in [9.17, 15) is 9.18 Å². The first-order valence-corrected chi connectivity index (χ1v) is 10.0. The van der Waals surface area contributed by atoms with Gasteiger partial charge in [-0.05, 0) is 32.0 Å². The Bertz CT molecular complexity index is 1150. The summed E-state index contributed by atoms with van der Waals surface area (Å²) in [5.74, 6) is 0.576. The zero-order valence-electron chi connectivity index (χ0n) is 15.6. The first kappa shape index (κ1) is 18.5. The lowest BCUT2D eigenvalue weighted by Crippen LogP contribution is -2.31. The van der Waals surface area contributed by atoms with Crippen molar-refractivity contribution in [3.05, 3.63) is 59.9 Å². The molecule has 0 unspecified atom stereocenters. The van der Waals surface area contributed by atoms with Gasteiger partial charge in [-0.25, -0.2) is 4.39 Å². The van der Waals surface area contributed by atoms with E-state index in [1.54, 1.807) is 12.1 Å². The average molecular weight is 397 g/mol. The minimum Gasteiger partial charge on any atom is -0.353 e. The number of carbonyl (C=O) groups is 1. The van der Waals surface area contributed by atoms with Crippen LogP contribution in [0.15, 0.2) is 53.7 Å². The Labute approximate surface area is 165 Å². The van der Waals surface area contributed by atoms with Gasteiger partial charge in [0.15, 0.2) is 5.16 Å². The topological polar surface area (TPSA) is 64.2 Å². The van der Waals surface area contributed by atoms with Crippen molar-refractivity contribution in [2.75, 3.05) is 5.75 Å². The number of thioether (sulfide) groups is 1. The molecule has 0 fully saturated rings. The summed E-state index contributed by atoms with van der Waals surface area (Å²) < 4.78 is 18.1. The molecule has 0 aliphatic heterocycles. The van der Waals surface area contributed by atoms with Crippen LogP contribution in [-0.2, 0) is 11.3 Å². The summed E-state index contributed by atoms with van der Waals surface area (Å²) in [7, 11) is 0. The second kappa shape index (κ2) is 7.63. The third-order valence-electron chi connectivity index (χ3n) is 4.34. The number of para-hydroxylation sites is 2. The van der Waals surface area contributed by atoms with Gasteiger partial charge in [0.25, 0.3) is 0 Å². The molecular formula is C20H20FN5OS. The maximum absolute atomic E-state index is 14.2. The Morgan fingerprint density at radius 3 is 2.57 bits per heavy atom. The second-order valence-corrected chi connectivity index (χ2v) is 7.74. The van der Waals surface area contributed by atoms with Gasteiger partial charge in [0.1, 0.15) is 5.82 Å². The van der Waals surface area contributed by atoms with Crippen LogP contribution in [-0.4, -0.2) is 36.9 Å². The minimum absolute atomic E-state index is 0.0492. The molecule has 2 aromatic carbocycles. The number of fused-ring (bicyclic) bond motifs is 3. The molecule has 0 aliphatic rings. The molecule has 0 aliphatic carbocycles. The first-order valence-electron chi connectivity index (χ1n) is 9.02. The minimum atomic E-state index is -0.252. The number of imidazole rings is 1. The maximum atomic E-state index is 14.2. The molecule has 8 heteroatoms. The molecule has 0 saturated carbocycles. The Balaban J connectivity index is 1.73. The van der Waals surface area contributed by atoms with Crippen LogP contribution in [0.1, 0.15) is 19.4 Å². The second-order valence-electron chi connectivity index (χ2n) is 6.80. The summed E-state index contributed by atoms with van der Waals surface area (Å²) in [5, 5.41) is 12.1. The van der Waals surface area contributed by atoms with Crippen molar-refractivity contribution in [1.29, 1.82) is 0 Å². The number of carbonyl (C=O) groups excluding carboxylic acids is 1. The smallest absolute Gasteiger partial charge is 0.237 e. The van der Waals surface area contributed by atoms with Crippen molar-refractivity contribution in [2.45, 2.75) is 31.6 Å². The highest BCUT2D eigenvalue weighted by Crippen LogP contribution is 2.26. The number of hydrogen-bond donors (Lipinski definition) is 1. The largest absolute Gasteiger partial charge is 0.353 e. The van der Waals surface area contributed by atoms with E-state index >= 15 is 0 Å². The van der Waals surface area contributed by atoms with Gasteiger partial charge in [0.05, 0.1) is 23.3 Å². The van der Waals surface area contributed by atoms with Gasteiger partial charge >= 0.3 is 0 Å². The number of nitrogens with zero attached hydrogens (tertiary/aromatic N) is 4. The highest BCUT2D eigenvalue weighted by atomic mass is 32.2. The van der Waals surface area contributed by atoms with E-state index in [0.29, 0.717) is 23.0 Å². The molecule has 0 atom stereocenters. The van der Waals surface area contributed by atoms with E-state index in [1.165, 1.54) is 17.8 Å². The van der Waals surface area contributed by atoms with Gasteiger partial charge in [-0.15, -0.1) is 10.2 Å². The Morgan fingerprint density at radius 2 is 1.82 bits per heavy atom. The fraction of sp³-hybridized carbons (Fsp3) is 0.250. The molecule has 0 saturated heterocycles.